The first-order valence-electron chi connectivity index (χ1n) is 3.11. The zero-order valence-corrected chi connectivity index (χ0v) is 8.83. The van der Waals surface area contributed by atoms with Crippen LogP contribution in [0.25, 0.3) is 0 Å². The van der Waals surface area contributed by atoms with Crippen LogP contribution in [0.3, 0.4) is 0 Å². The maximum absolute atomic E-state index is 2.22. The van der Waals surface area contributed by atoms with Crippen molar-refractivity contribution in [2.45, 2.75) is 38.2 Å². The van der Waals surface area contributed by atoms with Gasteiger partial charge in [0, 0.05) is 10.5 Å². The molecule has 0 radical (unpaired) electrons. The summed E-state index contributed by atoms with van der Waals surface area (Å²) >= 11 is 0. The van der Waals surface area contributed by atoms with Gasteiger partial charge in [-0.2, -0.15) is 0 Å². The monoisotopic (exact) mass is 182 g/mol. The molecule has 0 saturated heterocycles. The van der Waals surface area contributed by atoms with Crippen molar-refractivity contribution in [2.24, 2.45) is 0 Å². The third-order valence-electron chi connectivity index (χ3n) is 0.463. The molecule has 0 aromatic rings. The zero-order chi connectivity index (χ0) is 7.28. The smallest absolute Gasteiger partial charge is 0.0103 e. The summed E-state index contributed by atoms with van der Waals surface area (Å²) in [6, 6.07) is 0. The number of rotatable bonds is 4. The Kier molecular flexibility index (Phi) is 6.48. The molecule has 0 aliphatic rings. The second-order valence-electron chi connectivity index (χ2n) is 2.36. The van der Waals surface area contributed by atoms with E-state index in [1.807, 2.05) is 31.4 Å². The van der Waals surface area contributed by atoms with E-state index in [1.54, 1.807) is 0 Å². The summed E-state index contributed by atoms with van der Waals surface area (Å²) in [4.78, 5) is 0. The lowest BCUT2D eigenvalue weighted by atomic mass is 10.6. The van der Waals surface area contributed by atoms with Crippen LogP contribution in [-0.2, 0) is 0 Å². The number of hydrogen-bond donors (Lipinski definition) is 0. The lowest BCUT2D eigenvalue weighted by molar-refractivity contribution is 1.12. The molecule has 0 unspecified atom stereocenters. The molecule has 0 N–H and O–H groups in total. The Morgan fingerprint density at radius 2 is 1.11 bits per heavy atom. The van der Waals surface area contributed by atoms with Crippen LogP contribution in [0.4, 0.5) is 0 Å². The molecule has 0 fully saturated rings. The second kappa shape index (κ2) is 5.81. The van der Waals surface area contributed by atoms with Crippen LogP contribution in [0.15, 0.2) is 0 Å². The maximum atomic E-state index is 2.22. The van der Waals surface area contributed by atoms with E-state index in [1.165, 1.54) is 0 Å². The van der Waals surface area contributed by atoms with Gasteiger partial charge in [-0.15, -0.1) is 0 Å². The second-order valence-corrected chi connectivity index (χ2v) is 7.55. The Morgan fingerprint density at radius 1 is 0.778 bits per heavy atom. The Morgan fingerprint density at radius 3 is 1.33 bits per heavy atom. The van der Waals surface area contributed by atoms with Crippen molar-refractivity contribution in [1.29, 1.82) is 0 Å². The highest BCUT2D eigenvalue weighted by Crippen LogP contribution is 2.39. The van der Waals surface area contributed by atoms with Gasteiger partial charge >= 0.3 is 0 Å². The summed E-state index contributed by atoms with van der Waals surface area (Å²) in [6.07, 6.45) is 0. The normalized spacial score (nSPS) is 11.3. The minimum atomic E-state index is 0.751. The van der Waals surface area contributed by atoms with Gasteiger partial charge in [0.15, 0.2) is 0 Å². The highest BCUT2D eigenvalue weighted by molar-refractivity contribution is 9.09. The fraction of sp³-hybridized carbons (Fsp3) is 1.00. The highest BCUT2D eigenvalue weighted by atomic mass is 33.5. The molecule has 0 heterocycles. The molecule has 0 rings (SSSR count). The van der Waals surface area contributed by atoms with E-state index in [4.69, 9.17) is 0 Å². The van der Waals surface area contributed by atoms with Crippen LogP contribution in [0, 0.1) is 0 Å². The zero-order valence-electron chi connectivity index (χ0n) is 6.38. The first-order valence-corrected chi connectivity index (χ1v) is 6.72. The van der Waals surface area contributed by atoms with Gasteiger partial charge in [-0.3, -0.25) is 0 Å². The van der Waals surface area contributed by atoms with E-state index in [9.17, 15) is 0 Å². The van der Waals surface area contributed by atoms with Gasteiger partial charge in [0.2, 0.25) is 0 Å². The molecule has 0 aromatic heterocycles. The SMILES string of the molecule is CC(C)SSSC(C)C. The van der Waals surface area contributed by atoms with E-state index in [2.05, 4.69) is 27.7 Å². The van der Waals surface area contributed by atoms with Gasteiger partial charge in [0.1, 0.15) is 0 Å². The molecule has 9 heavy (non-hydrogen) atoms. The van der Waals surface area contributed by atoms with E-state index in [0.717, 1.165) is 10.5 Å². The van der Waals surface area contributed by atoms with Crippen molar-refractivity contribution >= 4 is 31.4 Å². The summed E-state index contributed by atoms with van der Waals surface area (Å²) in [7, 11) is 5.78. The largest absolute Gasteiger partial charge is 0.0797 e. The van der Waals surface area contributed by atoms with Crippen molar-refractivity contribution in [3.63, 3.8) is 0 Å². The summed E-state index contributed by atoms with van der Waals surface area (Å²) < 4.78 is 0. The van der Waals surface area contributed by atoms with Crippen molar-refractivity contribution in [1.82, 2.24) is 0 Å². The summed E-state index contributed by atoms with van der Waals surface area (Å²) in [5.41, 5.74) is 0. The van der Waals surface area contributed by atoms with Gasteiger partial charge in [0.25, 0.3) is 0 Å². The van der Waals surface area contributed by atoms with Crippen LogP contribution >= 0.6 is 31.4 Å². The van der Waals surface area contributed by atoms with E-state index >= 15 is 0 Å². The van der Waals surface area contributed by atoms with Crippen molar-refractivity contribution in [3.8, 4) is 0 Å². The van der Waals surface area contributed by atoms with Crippen molar-refractivity contribution in [2.75, 3.05) is 0 Å². The standard InChI is InChI=1S/C6H14S3/c1-5(2)7-9-8-6(3)4/h5-6H,1-4H3. The first kappa shape index (κ1) is 10.0. The average molecular weight is 182 g/mol. The molecule has 0 aliphatic carbocycles. The fourth-order valence-corrected chi connectivity index (χ4v) is 4.86. The van der Waals surface area contributed by atoms with E-state index < -0.39 is 0 Å². The Labute approximate surface area is 69.7 Å². The molecule has 0 amide bonds. The van der Waals surface area contributed by atoms with Crippen LogP contribution < -0.4 is 0 Å². The van der Waals surface area contributed by atoms with Gasteiger partial charge < -0.3 is 0 Å². The summed E-state index contributed by atoms with van der Waals surface area (Å²) in [5, 5.41) is 1.50. The predicted octanol–water partition coefficient (Wildman–Crippen LogP) is 3.83. The Hall–Kier alpha value is 1.05. The van der Waals surface area contributed by atoms with Gasteiger partial charge in [-0.25, -0.2) is 0 Å². The van der Waals surface area contributed by atoms with E-state index in [-0.39, 0.29) is 0 Å². The average Bonchev–Trinajstić information content (AvgIpc) is 1.63. The lowest BCUT2D eigenvalue weighted by Crippen LogP contribution is -1.82. The Balaban J connectivity index is 2.91. The highest BCUT2D eigenvalue weighted by Gasteiger charge is 1.97. The molecule has 56 valence electrons. The molecule has 0 atom stereocenters. The summed E-state index contributed by atoms with van der Waals surface area (Å²) in [5.74, 6) is 0. The van der Waals surface area contributed by atoms with Crippen molar-refractivity contribution < 1.29 is 0 Å². The van der Waals surface area contributed by atoms with Crippen LogP contribution in [0.1, 0.15) is 27.7 Å². The third kappa shape index (κ3) is 9.05. The Bertz CT molecular complexity index is 53.3. The van der Waals surface area contributed by atoms with Gasteiger partial charge in [-0.1, -0.05) is 49.3 Å². The third-order valence-corrected chi connectivity index (χ3v) is 5.59. The molecule has 0 aromatic carbocycles. The number of hydrogen-bond acceptors (Lipinski definition) is 3. The molecule has 0 bridgehead atoms. The van der Waals surface area contributed by atoms with Crippen LogP contribution in [0.2, 0.25) is 0 Å². The molecule has 0 nitrogen and oxygen atoms in total. The molecule has 3 heteroatoms. The molecule has 0 saturated carbocycles. The predicted molar refractivity (Wildman–Crippen MR) is 53.0 cm³/mol. The minimum absolute atomic E-state index is 0.751. The minimum Gasteiger partial charge on any atom is -0.0797 e. The molecule has 0 spiro atoms. The molecular formula is C6H14S3. The lowest BCUT2D eigenvalue weighted by Gasteiger charge is -2.04. The maximum Gasteiger partial charge on any atom is 0.0103 e. The van der Waals surface area contributed by atoms with E-state index in [0.29, 0.717) is 0 Å². The molecular weight excluding hydrogens is 168 g/mol. The topological polar surface area (TPSA) is 0 Å². The van der Waals surface area contributed by atoms with Crippen molar-refractivity contribution in [3.05, 3.63) is 0 Å². The fourth-order valence-electron chi connectivity index (χ4n) is 0.180. The molecule has 0 aliphatic heterocycles. The van der Waals surface area contributed by atoms with Gasteiger partial charge in [0.05, 0.1) is 0 Å². The quantitative estimate of drug-likeness (QED) is 0.606. The van der Waals surface area contributed by atoms with Crippen LogP contribution in [0.5, 0.6) is 0 Å². The first-order chi connectivity index (χ1) is 4.13. The van der Waals surface area contributed by atoms with Gasteiger partial charge in [-0.05, 0) is 9.83 Å². The summed E-state index contributed by atoms with van der Waals surface area (Å²) in [6.45, 7) is 8.88. The van der Waals surface area contributed by atoms with Crippen LogP contribution in [-0.4, -0.2) is 10.5 Å².